The third kappa shape index (κ3) is 6.65. The van der Waals surface area contributed by atoms with Gasteiger partial charge in [-0.15, -0.1) is 0 Å². The number of likely N-dealkylation sites (tertiary alicyclic amines) is 1. The van der Waals surface area contributed by atoms with Crippen molar-refractivity contribution in [2.75, 3.05) is 19.6 Å². The molecule has 3 rings (SSSR count). The van der Waals surface area contributed by atoms with E-state index in [9.17, 15) is 9.59 Å². The van der Waals surface area contributed by atoms with Crippen LogP contribution < -0.4 is 10.6 Å². The first-order valence-electron chi connectivity index (χ1n) is 10.5. The summed E-state index contributed by atoms with van der Waals surface area (Å²) in [6, 6.07) is 8.50. The van der Waals surface area contributed by atoms with Gasteiger partial charge in [0, 0.05) is 32.0 Å². The Kier molecular flexibility index (Phi) is 7.27. The van der Waals surface area contributed by atoms with E-state index in [1.54, 1.807) is 0 Å². The average molecular weight is 372 g/mol. The number of nitrogens with zero attached hydrogens (tertiary/aromatic N) is 1. The zero-order chi connectivity index (χ0) is 19.1. The van der Waals surface area contributed by atoms with Gasteiger partial charge in [-0.3, -0.25) is 14.5 Å². The van der Waals surface area contributed by atoms with E-state index in [1.165, 1.54) is 44.3 Å². The third-order valence-corrected chi connectivity index (χ3v) is 5.68. The molecule has 0 spiro atoms. The van der Waals surface area contributed by atoms with E-state index in [0.29, 0.717) is 25.4 Å². The van der Waals surface area contributed by atoms with Crippen molar-refractivity contribution in [3.05, 3.63) is 35.4 Å². The first kappa shape index (κ1) is 19.9. The van der Waals surface area contributed by atoms with Gasteiger partial charge in [0.25, 0.3) is 0 Å². The normalized spacial score (nSPS) is 22.7. The molecular formula is C22H33N3O2. The molecule has 1 aromatic rings. The molecule has 1 aromatic carbocycles. The van der Waals surface area contributed by atoms with E-state index < -0.39 is 0 Å². The monoisotopic (exact) mass is 371 g/mol. The van der Waals surface area contributed by atoms with Crippen molar-refractivity contribution in [2.45, 2.75) is 58.5 Å². The highest BCUT2D eigenvalue weighted by Gasteiger charge is 2.38. The Morgan fingerprint density at radius 1 is 1.07 bits per heavy atom. The fourth-order valence-electron chi connectivity index (χ4n) is 3.80. The molecule has 0 aromatic heterocycles. The van der Waals surface area contributed by atoms with E-state index in [2.05, 4.69) is 46.7 Å². The molecule has 2 unspecified atom stereocenters. The van der Waals surface area contributed by atoms with Gasteiger partial charge in [0.1, 0.15) is 0 Å². The van der Waals surface area contributed by atoms with Gasteiger partial charge in [0.2, 0.25) is 11.8 Å². The van der Waals surface area contributed by atoms with E-state index in [1.807, 2.05) is 0 Å². The predicted octanol–water partition coefficient (Wildman–Crippen LogP) is 2.84. The number of hydrogen-bond acceptors (Lipinski definition) is 3. The number of carbonyl (C=O) groups excluding carboxylic acids is 2. The Bertz CT molecular complexity index is 638. The molecule has 2 aliphatic rings. The highest BCUT2D eigenvalue weighted by atomic mass is 16.2. The minimum absolute atomic E-state index is 0.0166. The van der Waals surface area contributed by atoms with Crippen molar-refractivity contribution in [3.8, 4) is 0 Å². The smallest absolute Gasteiger partial charge is 0.223 e. The first-order valence-corrected chi connectivity index (χ1v) is 10.5. The van der Waals surface area contributed by atoms with Crippen molar-refractivity contribution in [1.29, 1.82) is 0 Å². The molecule has 1 aliphatic heterocycles. The van der Waals surface area contributed by atoms with Crippen LogP contribution in [0.5, 0.6) is 0 Å². The summed E-state index contributed by atoms with van der Waals surface area (Å²) in [5.74, 6) is 0.744. The highest BCUT2D eigenvalue weighted by Crippen LogP contribution is 2.37. The maximum absolute atomic E-state index is 12.0. The zero-order valence-corrected chi connectivity index (χ0v) is 16.5. The van der Waals surface area contributed by atoms with E-state index >= 15 is 0 Å². The number of amides is 2. The van der Waals surface area contributed by atoms with Gasteiger partial charge in [0.05, 0.1) is 0 Å². The van der Waals surface area contributed by atoms with Gasteiger partial charge in [-0.1, -0.05) is 44.0 Å². The molecule has 1 heterocycles. The summed E-state index contributed by atoms with van der Waals surface area (Å²) >= 11 is 0. The minimum Gasteiger partial charge on any atom is -0.355 e. The van der Waals surface area contributed by atoms with Gasteiger partial charge < -0.3 is 10.6 Å². The molecule has 2 amide bonds. The summed E-state index contributed by atoms with van der Waals surface area (Å²) in [5, 5.41) is 5.82. The first-order chi connectivity index (χ1) is 13.1. The fourth-order valence-corrected chi connectivity index (χ4v) is 3.80. The molecule has 2 fully saturated rings. The van der Waals surface area contributed by atoms with Crippen LogP contribution in [0, 0.1) is 11.8 Å². The molecular weight excluding hydrogens is 338 g/mol. The SMILES string of the molecule is CC1CC1C(=O)NCCC(=O)NCc1cccc(CN2CCCCCC2)c1. The molecule has 0 radical (unpaired) electrons. The predicted molar refractivity (Wildman–Crippen MR) is 107 cm³/mol. The second-order valence-corrected chi connectivity index (χ2v) is 8.15. The van der Waals surface area contributed by atoms with Gasteiger partial charge in [-0.25, -0.2) is 0 Å². The number of carbonyl (C=O) groups is 2. The summed E-state index contributed by atoms with van der Waals surface area (Å²) < 4.78 is 0. The second kappa shape index (κ2) is 9.88. The Morgan fingerprint density at radius 2 is 1.78 bits per heavy atom. The lowest BCUT2D eigenvalue weighted by Crippen LogP contribution is -2.31. The van der Waals surface area contributed by atoms with Crippen LogP contribution in [-0.4, -0.2) is 36.3 Å². The third-order valence-electron chi connectivity index (χ3n) is 5.68. The number of nitrogens with one attached hydrogen (secondary N) is 2. The maximum atomic E-state index is 12.0. The highest BCUT2D eigenvalue weighted by molar-refractivity contribution is 5.82. The van der Waals surface area contributed by atoms with Crippen molar-refractivity contribution in [2.24, 2.45) is 11.8 Å². The van der Waals surface area contributed by atoms with Gasteiger partial charge in [-0.05, 0) is 49.4 Å². The lowest BCUT2D eigenvalue weighted by atomic mass is 10.1. The van der Waals surface area contributed by atoms with Crippen LogP contribution in [0.25, 0.3) is 0 Å². The van der Waals surface area contributed by atoms with Crippen LogP contribution in [0.1, 0.15) is 56.6 Å². The van der Waals surface area contributed by atoms with Crippen molar-refractivity contribution in [3.63, 3.8) is 0 Å². The summed E-state index contributed by atoms with van der Waals surface area (Å²) in [5.41, 5.74) is 2.45. The molecule has 27 heavy (non-hydrogen) atoms. The molecule has 5 nitrogen and oxygen atoms in total. The molecule has 5 heteroatoms. The Balaban J connectivity index is 1.37. The minimum atomic E-state index is -0.0166. The maximum Gasteiger partial charge on any atom is 0.223 e. The molecule has 1 saturated carbocycles. The van der Waals surface area contributed by atoms with E-state index in [-0.39, 0.29) is 17.7 Å². The van der Waals surface area contributed by atoms with Gasteiger partial charge in [0.15, 0.2) is 0 Å². The van der Waals surface area contributed by atoms with Crippen LogP contribution in [0.4, 0.5) is 0 Å². The summed E-state index contributed by atoms with van der Waals surface area (Å²) in [6.07, 6.45) is 6.61. The van der Waals surface area contributed by atoms with Crippen molar-refractivity contribution < 1.29 is 9.59 Å². The number of hydrogen-bond donors (Lipinski definition) is 2. The van der Waals surface area contributed by atoms with E-state index in [4.69, 9.17) is 0 Å². The Labute approximate surface area is 162 Å². The van der Waals surface area contributed by atoms with Crippen molar-refractivity contribution >= 4 is 11.8 Å². The molecule has 2 atom stereocenters. The largest absolute Gasteiger partial charge is 0.355 e. The van der Waals surface area contributed by atoms with Crippen LogP contribution in [0.3, 0.4) is 0 Å². The Morgan fingerprint density at radius 3 is 2.48 bits per heavy atom. The number of benzene rings is 1. The van der Waals surface area contributed by atoms with Gasteiger partial charge >= 0.3 is 0 Å². The fraction of sp³-hybridized carbons (Fsp3) is 0.636. The quantitative estimate of drug-likeness (QED) is 0.739. The molecule has 1 aliphatic carbocycles. The van der Waals surface area contributed by atoms with Crippen LogP contribution in [-0.2, 0) is 22.7 Å². The topological polar surface area (TPSA) is 61.4 Å². The lowest BCUT2D eigenvalue weighted by molar-refractivity contribution is -0.123. The summed E-state index contributed by atoms with van der Waals surface area (Å²) in [4.78, 5) is 26.3. The average Bonchev–Trinajstić information content (AvgIpc) is 3.43. The zero-order valence-electron chi connectivity index (χ0n) is 16.5. The standard InChI is InChI=1S/C22H33N3O2/c1-17-13-20(17)22(27)23-10-9-21(26)24-15-18-7-6-8-19(14-18)16-25-11-4-2-3-5-12-25/h6-8,14,17,20H,2-5,9-13,15-16H2,1H3,(H,23,27)(H,24,26). The Hall–Kier alpha value is -1.88. The molecule has 0 bridgehead atoms. The van der Waals surface area contributed by atoms with E-state index in [0.717, 1.165) is 18.5 Å². The number of rotatable bonds is 8. The molecule has 2 N–H and O–H groups in total. The molecule has 1 saturated heterocycles. The van der Waals surface area contributed by atoms with Crippen molar-refractivity contribution in [1.82, 2.24) is 15.5 Å². The van der Waals surface area contributed by atoms with Crippen LogP contribution in [0.15, 0.2) is 24.3 Å². The lowest BCUT2D eigenvalue weighted by Gasteiger charge is -2.20. The van der Waals surface area contributed by atoms with Gasteiger partial charge in [-0.2, -0.15) is 0 Å². The summed E-state index contributed by atoms with van der Waals surface area (Å²) in [7, 11) is 0. The summed E-state index contributed by atoms with van der Waals surface area (Å²) in [6.45, 7) is 6.41. The van der Waals surface area contributed by atoms with Crippen LogP contribution >= 0.6 is 0 Å². The second-order valence-electron chi connectivity index (χ2n) is 8.15. The van der Waals surface area contributed by atoms with Crippen LogP contribution in [0.2, 0.25) is 0 Å². The molecule has 148 valence electrons.